The number of hydrogen-bond acceptors (Lipinski definition) is 5. The van der Waals surface area contributed by atoms with Crippen molar-refractivity contribution in [3.05, 3.63) is 45.3 Å². The van der Waals surface area contributed by atoms with Crippen LogP contribution in [0.25, 0.3) is 10.4 Å². The quantitative estimate of drug-likeness (QED) is 0.164. The van der Waals surface area contributed by atoms with Crippen LogP contribution in [0.15, 0.2) is 23.3 Å². The first kappa shape index (κ1) is 24.3. The summed E-state index contributed by atoms with van der Waals surface area (Å²) in [6, 6.07) is 5.14. The molecule has 1 saturated heterocycles. The molecular weight excluding hydrogens is 424 g/mol. The summed E-state index contributed by atoms with van der Waals surface area (Å²) in [5, 5.41) is 8.62. The lowest BCUT2D eigenvalue weighted by Crippen LogP contribution is -2.52. The zero-order valence-electron chi connectivity index (χ0n) is 18.7. The average molecular weight is 455 g/mol. The highest BCUT2D eigenvalue weighted by atomic mass is 16.2. The molecular formula is C23H30N6O4. The van der Waals surface area contributed by atoms with Gasteiger partial charge in [-0.3, -0.25) is 24.5 Å². The molecule has 0 aromatic heterocycles. The van der Waals surface area contributed by atoms with Gasteiger partial charge in [0.05, 0.1) is 0 Å². The van der Waals surface area contributed by atoms with Gasteiger partial charge in [-0.2, -0.15) is 0 Å². The Kier molecular flexibility index (Phi) is 8.83. The lowest BCUT2D eigenvalue weighted by atomic mass is 9.98. The first-order valence-corrected chi connectivity index (χ1v) is 11.5. The van der Waals surface area contributed by atoms with Crippen LogP contribution in [0.2, 0.25) is 0 Å². The third kappa shape index (κ3) is 6.55. The number of aryl methyl sites for hydroxylation is 1. The van der Waals surface area contributed by atoms with Crippen molar-refractivity contribution in [1.82, 2.24) is 15.5 Å². The Labute approximate surface area is 192 Å². The van der Waals surface area contributed by atoms with E-state index in [4.69, 9.17) is 5.53 Å². The van der Waals surface area contributed by atoms with Crippen LogP contribution in [0.5, 0.6) is 0 Å². The summed E-state index contributed by atoms with van der Waals surface area (Å²) in [5.41, 5.74) is 11.0. The zero-order valence-corrected chi connectivity index (χ0v) is 18.7. The summed E-state index contributed by atoms with van der Waals surface area (Å²) in [5.74, 6) is -0.840. The third-order valence-electron chi connectivity index (χ3n) is 6.10. The van der Waals surface area contributed by atoms with Gasteiger partial charge in [0.25, 0.3) is 5.91 Å². The van der Waals surface area contributed by atoms with Crippen molar-refractivity contribution in [2.75, 3.05) is 13.1 Å². The number of imide groups is 1. The normalized spacial score (nSPS) is 17.4. The van der Waals surface area contributed by atoms with Crippen LogP contribution >= 0.6 is 0 Å². The van der Waals surface area contributed by atoms with Crippen molar-refractivity contribution in [1.29, 1.82) is 0 Å². The number of hydrogen-bond donors (Lipinski definition) is 2. The second-order valence-corrected chi connectivity index (χ2v) is 8.42. The van der Waals surface area contributed by atoms with Crippen LogP contribution in [0.1, 0.15) is 72.9 Å². The van der Waals surface area contributed by atoms with E-state index in [1.165, 1.54) is 0 Å². The molecule has 3 rings (SSSR count). The van der Waals surface area contributed by atoms with E-state index in [9.17, 15) is 19.2 Å². The monoisotopic (exact) mass is 454 g/mol. The summed E-state index contributed by atoms with van der Waals surface area (Å²) in [4.78, 5) is 52.5. The molecule has 1 atom stereocenters. The van der Waals surface area contributed by atoms with Gasteiger partial charge in [0.15, 0.2) is 0 Å². The van der Waals surface area contributed by atoms with Gasteiger partial charge in [0.1, 0.15) is 6.04 Å². The number of fused-ring (bicyclic) bond motifs is 1. The van der Waals surface area contributed by atoms with E-state index in [0.29, 0.717) is 44.5 Å². The summed E-state index contributed by atoms with van der Waals surface area (Å²) in [7, 11) is 0. The highest BCUT2D eigenvalue weighted by Crippen LogP contribution is 2.30. The molecule has 1 unspecified atom stereocenters. The molecule has 0 spiro atoms. The van der Waals surface area contributed by atoms with Crippen LogP contribution in [-0.4, -0.2) is 47.7 Å². The topological polar surface area (TPSA) is 144 Å². The lowest BCUT2D eigenvalue weighted by Gasteiger charge is -2.29. The number of nitrogens with one attached hydrogen (secondary N) is 2. The molecule has 0 radical (unpaired) electrons. The molecule has 0 bridgehead atoms. The molecule has 2 N–H and O–H groups in total. The van der Waals surface area contributed by atoms with Crippen LogP contribution in [-0.2, 0) is 27.3 Å². The van der Waals surface area contributed by atoms with Crippen molar-refractivity contribution in [3.63, 3.8) is 0 Å². The summed E-state index contributed by atoms with van der Waals surface area (Å²) in [6.45, 7) is 1.38. The number of carbonyl (C=O) groups excluding carboxylic acids is 4. The number of benzene rings is 1. The molecule has 176 valence electrons. The SMILES string of the molecule is [N-]=[N+]=NCCCC(=O)NCCCCCCc1cccc2c1CN(C1CCC(=O)NC1=O)C2=O. The van der Waals surface area contributed by atoms with Crippen molar-refractivity contribution < 1.29 is 19.2 Å². The lowest BCUT2D eigenvalue weighted by molar-refractivity contribution is -0.137. The molecule has 1 aromatic carbocycles. The minimum Gasteiger partial charge on any atom is -0.356 e. The minimum absolute atomic E-state index is 0.0202. The number of unbranched alkanes of at least 4 members (excludes halogenated alkanes) is 3. The maximum Gasteiger partial charge on any atom is 0.255 e. The predicted octanol–water partition coefficient (Wildman–Crippen LogP) is 2.76. The largest absolute Gasteiger partial charge is 0.356 e. The van der Waals surface area contributed by atoms with Gasteiger partial charge < -0.3 is 10.2 Å². The molecule has 10 nitrogen and oxygen atoms in total. The van der Waals surface area contributed by atoms with Crippen LogP contribution in [0, 0.1) is 0 Å². The summed E-state index contributed by atoms with van der Waals surface area (Å²) in [6.07, 6.45) is 6.28. The van der Waals surface area contributed by atoms with E-state index in [1.54, 1.807) is 4.90 Å². The highest BCUT2D eigenvalue weighted by Gasteiger charge is 2.39. The first-order chi connectivity index (χ1) is 16.0. The highest BCUT2D eigenvalue weighted by molar-refractivity contribution is 6.05. The molecule has 4 amide bonds. The molecule has 2 aliphatic heterocycles. The molecule has 1 aromatic rings. The Bertz CT molecular complexity index is 956. The van der Waals surface area contributed by atoms with E-state index >= 15 is 0 Å². The Hall–Kier alpha value is -3.39. The van der Waals surface area contributed by atoms with Crippen LogP contribution < -0.4 is 10.6 Å². The zero-order chi connectivity index (χ0) is 23.6. The van der Waals surface area contributed by atoms with E-state index in [2.05, 4.69) is 20.7 Å². The number of piperidine rings is 1. The molecule has 0 aliphatic carbocycles. The fourth-order valence-electron chi connectivity index (χ4n) is 4.35. The van der Waals surface area contributed by atoms with Crippen molar-refractivity contribution in [2.45, 2.75) is 70.4 Å². The average Bonchev–Trinajstić information content (AvgIpc) is 3.13. The Balaban J connectivity index is 1.39. The van der Waals surface area contributed by atoms with E-state index in [-0.39, 0.29) is 24.1 Å². The second-order valence-electron chi connectivity index (χ2n) is 8.42. The van der Waals surface area contributed by atoms with E-state index in [0.717, 1.165) is 43.2 Å². The molecule has 10 heteroatoms. The number of amides is 4. The third-order valence-corrected chi connectivity index (χ3v) is 6.10. The smallest absolute Gasteiger partial charge is 0.255 e. The van der Waals surface area contributed by atoms with Gasteiger partial charge in [0.2, 0.25) is 17.7 Å². The van der Waals surface area contributed by atoms with E-state index < -0.39 is 11.9 Å². The molecule has 2 heterocycles. The van der Waals surface area contributed by atoms with E-state index in [1.807, 2.05) is 18.2 Å². The molecule has 1 fully saturated rings. The van der Waals surface area contributed by atoms with Crippen molar-refractivity contribution in [2.24, 2.45) is 5.11 Å². The second kappa shape index (κ2) is 12.0. The van der Waals surface area contributed by atoms with Gasteiger partial charge in [-0.05, 0) is 54.8 Å². The van der Waals surface area contributed by atoms with Gasteiger partial charge in [-0.15, -0.1) is 0 Å². The molecule has 2 aliphatic rings. The Morgan fingerprint density at radius 2 is 2.00 bits per heavy atom. The summed E-state index contributed by atoms with van der Waals surface area (Å²) >= 11 is 0. The number of nitrogens with zero attached hydrogens (tertiary/aromatic N) is 4. The maximum absolute atomic E-state index is 12.9. The molecule has 33 heavy (non-hydrogen) atoms. The minimum atomic E-state index is -0.593. The fourth-order valence-corrected chi connectivity index (χ4v) is 4.35. The number of rotatable bonds is 12. The van der Waals surface area contributed by atoms with Gasteiger partial charge in [0, 0.05) is 43.0 Å². The fraction of sp³-hybridized carbons (Fsp3) is 0.565. The van der Waals surface area contributed by atoms with Gasteiger partial charge in [-0.1, -0.05) is 30.1 Å². The maximum atomic E-state index is 12.9. The Morgan fingerprint density at radius 1 is 1.18 bits per heavy atom. The number of azide groups is 1. The molecule has 0 saturated carbocycles. The van der Waals surface area contributed by atoms with Gasteiger partial charge >= 0.3 is 0 Å². The predicted molar refractivity (Wildman–Crippen MR) is 121 cm³/mol. The standard InChI is InChI=1S/C23H30N6O4/c24-28-26-14-6-10-20(30)25-13-4-2-1-3-7-16-8-5-9-17-18(16)15-29(23(17)33)19-11-12-21(31)27-22(19)32/h5,8-9,19H,1-4,6-7,10-15H2,(H,25,30)(H,27,31,32). The number of carbonyl (C=O) groups is 4. The van der Waals surface area contributed by atoms with Crippen molar-refractivity contribution in [3.8, 4) is 0 Å². The van der Waals surface area contributed by atoms with Gasteiger partial charge in [-0.25, -0.2) is 0 Å². The van der Waals surface area contributed by atoms with Crippen LogP contribution in [0.4, 0.5) is 0 Å². The van der Waals surface area contributed by atoms with Crippen molar-refractivity contribution >= 4 is 23.6 Å². The van der Waals surface area contributed by atoms with Crippen LogP contribution in [0.3, 0.4) is 0 Å². The first-order valence-electron chi connectivity index (χ1n) is 11.5. The Morgan fingerprint density at radius 3 is 2.79 bits per heavy atom. The summed E-state index contributed by atoms with van der Waals surface area (Å²) < 4.78 is 0.